The molecule has 0 spiro atoms. The molecule has 1 saturated heterocycles. The van der Waals surface area contributed by atoms with E-state index >= 15 is 0 Å². The summed E-state index contributed by atoms with van der Waals surface area (Å²) in [6.07, 6.45) is 2.39. The summed E-state index contributed by atoms with van der Waals surface area (Å²) >= 11 is 1.73. The summed E-state index contributed by atoms with van der Waals surface area (Å²) in [5.41, 5.74) is 0. The van der Waals surface area contributed by atoms with Gasteiger partial charge in [-0.05, 0) is 25.0 Å². The second-order valence-corrected chi connectivity index (χ2v) is 7.87. The number of piperidine rings is 1. The minimum Gasteiger partial charge on any atom is -0.425 e. The van der Waals surface area contributed by atoms with Gasteiger partial charge in [0.1, 0.15) is 0 Å². The maximum atomic E-state index is 12.4. The smallest absolute Gasteiger partial charge is 0.223 e. The number of benzene rings is 1. The van der Waals surface area contributed by atoms with Gasteiger partial charge in [0.2, 0.25) is 17.7 Å². The van der Waals surface area contributed by atoms with E-state index in [2.05, 4.69) is 22.3 Å². The minimum absolute atomic E-state index is 0.246. The van der Waals surface area contributed by atoms with Crippen LogP contribution >= 0.6 is 11.8 Å². The van der Waals surface area contributed by atoms with E-state index in [1.807, 2.05) is 36.9 Å². The number of carbonyl (C=O) groups excluding carboxylic acids is 1. The lowest BCUT2D eigenvalue weighted by atomic mass is 9.96. The van der Waals surface area contributed by atoms with Crippen LogP contribution in [0.1, 0.15) is 56.7 Å². The van der Waals surface area contributed by atoms with Gasteiger partial charge < -0.3 is 9.32 Å². The van der Waals surface area contributed by atoms with Crippen LogP contribution in [0.2, 0.25) is 0 Å². The van der Waals surface area contributed by atoms with Gasteiger partial charge in [-0.1, -0.05) is 32.0 Å². The van der Waals surface area contributed by atoms with E-state index in [0.717, 1.165) is 37.6 Å². The SMILES string of the molecule is CC(C)c1nnc(C2CCN(C(=O)CCSc3ccccc3)CC2)o1. The third-order valence-corrected chi connectivity index (χ3v) is 5.49. The number of carbonyl (C=O) groups is 1. The molecule has 0 unspecified atom stereocenters. The number of hydrogen-bond acceptors (Lipinski definition) is 5. The van der Waals surface area contributed by atoms with Gasteiger partial charge >= 0.3 is 0 Å². The molecule has 0 radical (unpaired) electrons. The molecule has 1 amide bonds. The molecule has 25 heavy (non-hydrogen) atoms. The molecule has 1 aromatic heterocycles. The summed E-state index contributed by atoms with van der Waals surface area (Å²) in [5, 5.41) is 8.31. The van der Waals surface area contributed by atoms with E-state index in [1.165, 1.54) is 4.90 Å². The maximum Gasteiger partial charge on any atom is 0.223 e. The highest BCUT2D eigenvalue weighted by molar-refractivity contribution is 7.99. The molecule has 1 aromatic carbocycles. The fourth-order valence-electron chi connectivity index (χ4n) is 2.95. The van der Waals surface area contributed by atoms with E-state index in [1.54, 1.807) is 11.8 Å². The fraction of sp³-hybridized carbons (Fsp3) is 0.526. The zero-order valence-electron chi connectivity index (χ0n) is 14.9. The van der Waals surface area contributed by atoms with Crippen LogP contribution in [0.4, 0.5) is 0 Å². The highest BCUT2D eigenvalue weighted by Gasteiger charge is 2.27. The van der Waals surface area contributed by atoms with Gasteiger partial charge in [0, 0.05) is 42.0 Å². The van der Waals surface area contributed by atoms with Crippen LogP contribution in [0.15, 0.2) is 39.6 Å². The van der Waals surface area contributed by atoms with E-state index in [0.29, 0.717) is 12.3 Å². The predicted molar refractivity (Wildman–Crippen MR) is 98.7 cm³/mol. The number of hydrogen-bond donors (Lipinski definition) is 0. The minimum atomic E-state index is 0.246. The van der Waals surface area contributed by atoms with Gasteiger partial charge in [-0.2, -0.15) is 0 Å². The predicted octanol–water partition coefficient (Wildman–Crippen LogP) is 4.08. The first-order valence-corrected chi connectivity index (χ1v) is 9.91. The number of aromatic nitrogens is 2. The summed E-state index contributed by atoms with van der Waals surface area (Å²) in [7, 11) is 0. The van der Waals surface area contributed by atoms with Gasteiger partial charge in [-0.15, -0.1) is 22.0 Å². The summed E-state index contributed by atoms with van der Waals surface area (Å²) in [5.74, 6) is 3.04. The Labute approximate surface area is 153 Å². The van der Waals surface area contributed by atoms with Crippen LogP contribution in [0.25, 0.3) is 0 Å². The Balaban J connectivity index is 1.42. The zero-order valence-corrected chi connectivity index (χ0v) is 15.7. The Bertz CT molecular complexity index is 679. The topological polar surface area (TPSA) is 59.2 Å². The highest BCUT2D eigenvalue weighted by atomic mass is 32.2. The van der Waals surface area contributed by atoms with Crippen LogP contribution in [0.5, 0.6) is 0 Å². The first-order valence-electron chi connectivity index (χ1n) is 8.92. The summed E-state index contributed by atoms with van der Waals surface area (Å²) in [6.45, 7) is 5.65. The van der Waals surface area contributed by atoms with Crippen LogP contribution in [-0.4, -0.2) is 39.8 Å². The Morgan fingerprint density at radius 3 is 2.60 bits per heavy atom. The molecular weight excluding hydrogens is 334 g/mol. The van der Waals surface area contributed by atoms with Crippen molar-refractivity contribution in [1.82, 2.24) is 15.1 Å². The van der Waals surface area contributed by atoms with Crippen LogP contribution in [-0.2, 0) is 4.79 Å². The van der Waals surface area contributed by atoms with Gasteiger partial charge in [0.25, 0.3) is 0 Å². The number of nitrogens with zero attached hydrogens (tertiary/aromatic N) is 3. The molecule has 0 atom stereocenters. The van der Waals surface area contributed by atoms with E-state index in [4.69, 9.17) is 4.42 Å². The Hall–Kier alpha value is -1.82. The summed E-state index contributed by atoms with van der Waals surface area (Å²) < 4.78 is 5.77. The molecule has 5 nitrogen and oxygen atoms in total. The van der Waals surface area contributed by atoms with E-state index < -0.39 is 0 Å². The van der Waals surface area contributed by atoms with Crippen molar-refractivity contribution in [3.05, 3.63) is 42.1 Å². The van der Waals surface area contributed by atoms with Gasteiger partial charge in [0.15, 0.2) is 0 Å². The second kappa shape index (κ2) is 8.52. The molecular formula is C19H25N3O2S. The largest absolute Gasteiger partial charge is 0.425 e. The molecule has 6 heteroatoms. The first kappa shape index (κ1) is 18.0. The summed E-state index contributed by atoms with van der Waals surface area (Å²) in [4.78, 5) is 15.6. The summed E-state index contributed by atoms with van der Waals surface area (Å²) in [6, 6.07) is 10.2. The molecule has 0 N–H and O–H groups in total. The second-order valence-electron chi connectivity index (χ2n) is 6.70. The van der Waals surface area contributed by atoms with Crippen molar-refractivity contribution in [2.45, 2.75) is 49.8 Å². The van der Waals surface area contributed by atoms with Crippen molar-refractivity contribution in [1.29, 1.82) is 0 Å². The monoisotopic (exact) mass is 359 g/mol. The van der Waals surface area contributed by atoms with Crippen molar-refractivity contribution in [3.63, 3.8) is 0 Å². The molecule has 2 aromatic rings. The normalized spacial score (nSPS) is 15.7. The Morgan fingerprint density at radius 1 is 1.24 bits per heavy atom. The van der Waals surface area contributed by atoms with Gasteiger partial charge in [-0.25, -0.2) is 0 Å². The Kier molecular flexibility index (Phi) is 6.13. The van der Waals surface area contributed by atoms with Crippen molar-refractivity contribution in [2.75, 3.05) is 18.8 Å². The lowest BCUT2D eigenvalue weighted by molar-refractivity contribution is -0.131. The zero-order chi connectivity index (χ0) is 17.6. The van der Waals surface area contributed by atoms with Gasteiger partial charge in [-0.3, -0.25) is 4.79 Å². The molecule has 134 valence electrons. The third-order valence-electron chi connectivity index (χ3n) is 4.47. The standard InChI is InChI=1S/C19H25N3O2S/c1-14(2)18-20-21-19(24-18)15-8-11-22(12-9-15)17(23)10-13-25-16-6-4-3-5-7-16/h3-7,14-15H,8-13H2,1-2H3. The van der Waals surface area contributed by atoms with Crippen molar-refractivity contribution < 1.29 is 9.21 Å². The molecule has 0 bridgehead atoms. The number of thioether (sulfide) groups is 1. The number of amides is 1. The molecule has 0 aliphatic carbocycles. The van der Waals surface area contributed by atoms with Crippen molar-refractivity contribution in [3.8, 4) is 0 Å². The number of rotatable bonds is 6. The molecule has 3 rings (SSSR count). The van der Waals surface area contributed by atoms with Crippen LogP contribution in [0, 0.1) is 0 Å². The molecule has 1 fully saturated rings. The van der Waals surface area contributed by atoms with Crippen LogP contribution < -0.4 is 0 Å². The lowest BCUT2D eigenvalue weighted by Crippen LogP contribution is -2.38. The Morgan fingerprint density at radius 2 is 1.96 bits per heavy atom. The van der Waals surface area contributed by atoms with E-state index in [-0.39, 0.29) is 17.7 Å². The third kappa shape index (κ3) is 4.84. The molecule has 2 heterocycles. The highest BCUT2D eigenvalue weighted by Crippen LogP contribution is 2.28. The van der Waals surface area contributed by atoms with Crippen molar-refractivity contribution >= 4 is 17.7 Å². The lowest BCUT2D eigenvalue weighted by Gasteiger charge is -2.30. The average molecular weight is 359 g/mol. The van der Waals surface area contributed by atoms with E-state index in [9.17, 15) is 4.79 Å². The molecule has 1 aliphatic heterocycles. The average Bonchev–Trinajstić information content (AvgIpc) is 3.13. The van der Waals surface area contributed by atoms with Crippen LogP contribution in [0.3, 0.4) is 0 Å². The van der Waals surface area contributed by atoms with Gasteiger partial charge in [0.05, 0.1) is 0 Å². The first-order chi connectivity index (χ1) is 12.1. The molecule has 1 aliphatic rings. The van der Waals surface area contributed by atoms with Crippen molar-refractivity contribution in [2.24, 2.45) is 0 Å². The molecule has 0 saturated carbocycles. The fourth-order valence-corrected chi connectivity index (χ4v) is 3.81. The quantitative estimate of drug-likeness (QED) is 0.727. The number of likely N-dealkylation sites (tertiary alicyclic amines) is 1. The maximum absolute atomic E-state index is 12.4.